The first-order chi connectivity index (χ1) is 9.58. The van der Waals surface area contributed by atoms with Gasteiger partial charge >= 0.3 is 6.61 Å². The Hall–Kier alpha value is -2.24. The lowest BCUT2D eigenvalue weighted by Gasteiger charge is -2.18. The number of rotatable bonds is 5. The number of para-hydroxylation sites is 2. The molecule has 20 heavy (non-hydrogen) atoms. The molecule has 1 aromatic heterocycles. The Kier molecular flexibility index (Phi) is 4.45. The van der Waals surface area contributed by atoms with Gasteiger partial charge in [-0.3, -0.25) is 9.97 Å². The van der Waals surface area contributed by atoms with Crippen LogP contribution < -0.4 is 10.1 Å². The predicted octanol–water partition coefficient (Wildman–Crippen LogP) is 3.56. The third kappa shape index (κ3) is 3.40. The van der Waals surface area contributed by atoms with Gasteiger partial charge in [-0.2, -0.15) is 8.78 Å². The SMILES string of the molecule is Cc1nccnc1C(C)Nc1ccccc1OC(F)F. The zero-order valence-electron chi connectivity index (χ0n) is 11.2. The van der Waals surface area contributed by atoms with Crippen LogP contribution in [0.1, 0.15) is 24.4 Å². The number of ether oxygens (including phenoxy) is 1. The van der Waals surface area contributed by atoms with Gasteiger partial charge in [-0.05, 0) is 26.0 Å². The molecule has 106 valence electrons. The van der Waals surface area contributed by atoms with Crippen molar-refractivity contribution in [2.75, 3.05) is 5.32 Å². The maximum absolute atomic E-state index is 12.4. The summed E-state index contributed by atoms with van der Waals surface area (Å²) in [7, 11) is 0. The van der Waals surface area contributed by atoms with Crippen molar-refractivity contribution in [3.05, 3.63) is 48.0 Å². The molecule has 2 aromatic rings. The van der Waals surface area contributed by atoms with E-state index in [4.69, 9.17) is 0 Å². The van der Waals surface area contributed by atoms with Crippen LogP contribution in [-0.4, -0.2) is 16.6 Å². The van der Waals surface area contributed by atoms with E-state index in [-0.39, 0.29) is 11.8 Å². The van der Waals surface area contributed by atoms with E-state index in [1.807, 2.05) is 13.8 Å². The lowest BCUT2D eigenvalue weighted by Crippen LogP contribution is -2.12. The van der Waals surface area contributed by atoms with E-state index in [0.717, 1.165) is 11.4 Å². The minimum absolute atomic E-state index is 0.107. The number of aromatic nitrogens is 2. The summed E-state index contributed by atoms with van der Waals surface area (Å²) in [4.78, 5) is 8.41. The van der Waals surface area contributed by atoms with Gasteiger partial charge in [-0.15, -0.1) is 0 Å². The van der Waals surface area contributed by atoms with Gasteiger partial charge in [-0.25, -0.2) is 0 Å². The molecule has 0 bridgehead atoms. The Morgan fingerprint density at radius 3 is 2.55 bits per heavy atom. The molecule has 2 rings (SSSR count). The Morgan fingerprint density at radius 1 is 1.15 bits per heavy atom. The van der Waals surface area contributed by atoms with Crippen LogP contribution in [0.4, 0.5) is 14.5 Å². The van der Waals surface area contributed by atoms with Crippen molar-refractivity contribution >= 4 is 5.69 Å². The topological polar surface area (TPSA) is 47.0 Å². The van der Waals surface area contributed by atoms with Gasteiger partial charge in [0.05, 0.1) is 23.1 Å². The van der Waals surface area contributed by atoms with Gasteiger partial charge < -0.3 is 10.1 Å². The zero-order valence-corrected chi connectivity index (χ0v) is 11.2. The predicted molar refractivity (Wildman–Crippen MR) is 71.9 cm³/mol. The molecule has 1 aromatic carbocycles. The minimum Gasteiger partial charge on any atom is -0.433 e. The molecule has 4 nitrogen and oxygen atoms in total. The maximum atomic E-state index is 12.4. The standard InChI is InChI=1S/C14H15F2N3O/c1-9-13(18-8-7-17-9)10(2)19-11-5-3-4-6-12(11)20-14(15)16/h3-8,10,14,19H,1-2H3. The van der Waals surface area contributed by atoms with E-state index < -0.39 is 6.61 Å². The molecular weight excluding hydrogens is 264 g/mol. The summed E-state index contributed by atoms with van der Waals surface area (Å²) in [5.74, 6) is 0.107. The second-order valence-corrected chi connectivity index (χ2v) is 4.27. The van der Waals surface area contributed by atoms with Gasteiger partial charge in [0, 0.05) is 12.4 Å². The monoisotopic (exact) mass is 279 g/mol. The fourth-order valence-corrected chi connectivity index (χ4v) is 1.93. The van der Waals surface area contributed by atoms with Crippen LogP contribution in [0.15, 0.2) is 36.7 Å². The molecule has 1 atom stereocenters. The summed E-state index contributed by atoms with van der Waals surface area (Å²) in [5, 5.41) is 3.11. The van der Waals surface area contributed by atoms with Gasteiger partial charge in [0.15, 0.2) is 0 Å². The average Bonchev–Trinajstić information content (AvgIpc) is 2.41. The minimum atomic E-state index is -2.86. The highest BCUT2D eigenvalue weighted by molar-refractivity contribution is 5.57. The normalized spacial score (nSPS) is 12.2. The molecule has 1 N–H and O–H groups in total. The van der Waals surface area contributed by atoms with Gasteiger partial charge in [-0.1, -0.05) is 12.1 Å². The lowest BCUT2D eigenvalue weighted by atomic mass is 10.1. The molecule has 0 radical (unpaired) electrons. The number of aryl methyl sites for hydroxylation is 1. The number of nitrogens with one attached hydrogen (secondary N) is 1. The van der Waals surface area contributed by atoms with Crippen LogP contribution in [0.5, 0.6) is 5.75 Å². The first kappa shape index (κ1) is 14.2. The third-order valence-corrected chi connectivity index (χ3v) is 2.80. The van der Waals surface area contributed by atoms with Crippen LogP contribution >= 0.6 is 0 Å². The second kappa shape index (κ2) is 6.27. The number of benzene rings is 1. The summed E-state index contributed by atoms with van der Waals surface area (Å²) in [5.41, 5.74) is 2.05. The van der Waals surface area contributed by atoms with E-state index in [1.165, 1.54) is 6.07 Å². The molecule has 1 unspecified atom stereocenters. The number of halogens is 2. The molecule has 0 aliphatic heterocycles. The number of hydrogen-bond acceptors (Lipinski definition) is 4. The second-order valence-electron chi connectivity index (χ2n) is 4.27. The summed E-state index contributed by atoms with van der Waals surface area (Å²) >= 11 is 0. The molecule has 0 saturated heterocycles. The van der Waals surface area contributed by atoms with E-state index in [0.29, 0.717) is 5.69 Å². The Morgan fingerprint density at radius 2 is 1.85 bits per heavy atom. The van der Waals surface area contributed by atoms with E-state index in [1.54, 1.807) is 30.6 Å². The Bertz CT molecular complexity index is 578. The van der Waals surface area contributed by atoms with Crippen molar-refractivity contribution in [1.29, 1.82) is 0 Å². The zero-order chi connectivity index (χ0) is 14.5. The fraction of sp³-hybridized carbons (Fsp3) is 0.286. The summed E-state index contributed by atoms with van der Waals surface area (Å²) in [6, 6.07) is 6.38. The smallest absolute Gasteiger partial charge is 0.387 e. The van der Waals surface area contributed by atoms with Crippen LogP contribution in [0.3, 0.4) is 0 Å². The number of anilines is 1. The van der Waals surface area contributed by atoms with Crippen molar-refractivity contribution in [2.45, 2.75) is 26.5 Å². The third-order valence-electron chi connectivity index (χ3n) is 2.80. The highest BCUT2D eigenvalue weighted by atomic mass is 19.3. The average molecular weight is 279 g/mol. The van der Waals surface area contributed by atoms with Crippen LogP contribution in [0.25, 0.3) is 0 Å². The van der Waals surface area contributed by atoms with Crippen molar-refractivity contribution in [2.24, 2.45) is 0 Å². The highest BCUT2D eigenvalue weighted by Gasteiger charge is 2.14. The summed E-state index contributed by atoms with van der Waals surface area (Å²) in [6.07, 6.45) is 3.21. The van der Waals surface area contributed by atoms with Crippen LogP contribution in [0.2, 0.25) is 0 Å². The molecular formula is C14H15F2N3O. The Labute approximate surface area is 115 Å². The van der Waals surface area contributed by atoms with Crippen LogP contribution in [-0.2, 0) is 0 Å². The summed E-state index contributed by atoms with van der Waals surface area (Å²) < 4.78 is 29.2. The number of alkyl halides is 2. The molecule has 1 heterocycles. The fourth-order valence-electron chi connectivity index (χ4n) is 1.93. The number of nitrogens with zero attached hydrogens (tertiary/aromatic N) is 2. The van der Waals surface area contributed by atoms with Crippen molar-refractivity contribution < 1.29 is 13.5 Å². The Balaban J connectivity index is 2.20. The largest absolute Gasteiger partial charge is 0.433 e. The molecule has 0 aliphatic rings. The first-order valence-electron chi connectivity index (χ1n) is 6.16. The van der Waals surface area contributed by atoms with Gasteiger partial charge in [0.25, 0.3) is 0 Å². The maximum Gasteiger partial charge on any atom is 0.387 e. The van der Waals surface area contributed by atoms with Gasteiger partial charge in [0.2, 0.25) is 0 Å². The van der Waals surface area contributed by atoms with E-state index >= 15 is 0 Å². The number of hydrogen-bond donors (Lipinski definition) is 1. The molecule has 0 amide bonds. The van der Waals surface area contributed by atoms with E-state index in [2.05, 4.69) is 20.0 Å². The molecule has 0 fully saturated rings. The molecule has 0 aliphatic carbocycles. The molecule has 6 heteroatoms. The van der Waals surface area contributed by atoms with Crippen molar-refractivity contribution in [3.8, 4) is 5.75 Å². The van der Waals surface area contributed by atoms with Crippen molar-refractivity contribution in [1.82, 2.24) is 9.97 Å². The summed E-state index contributed by atoms with van der Waals surface area (Å²) in [6.45, 7) is 0.879. The first-order valence-corrected chi connectivity index (χ1v) is 6.16. The molecule has 0 spiro atoms. The lowest BCUT2D eigenvalue weighted by molar-refractivity contribution is -0.0493. The van der Waals surface area contributed by atoms with E-state index in [9.17, 15) is 8.78 Å². The van der Waals surface area contributed by atoms with Crippen LogP contribution in [0, 0.1) is 6.92 Å². The van der Waals surface area contributed by atoms with Gasteiger partial charge in [0.1, 0.15) is 5.75 Å². The molecule has 0 saturated carbocycles. The highest BCUT2D eigenvalue weighted by Crippen LogP contribution is 2.29. The van der Waals surface area contributed by atoms with Crippen molar-refractivity contribution in [3.63, 3.8) is 0 Å². The quantitative estimate of drug-likeness (QED) is 0.909.